The summed E-state index contributed by atoms with van der Waals surface area (Å²) in [6, 6.07) is 10.6. The molecule has 1 aliphatic rings. The van der Waals surface area contributed by atoms with Gasteiger partial charge in [-0.15, -0.1) is 11.3 Å². The van der Waals surface area contributed by atoms with Gasteiger partial charge in [-0.05, 0) is 99.6 Å². The van der Waals surface area contributed by atoms with Crippen molar-refractivity contribution in [1.29, 1.82) is 0 Å². The van der Waals surface area contributed by atoms with Crippen molar-refractivity contribution in [3.05, 3.63) is 52.0 Å². The van der Waals surface area contributed by atoms with Crippen molar-refractivity contribution in [2.75, 3.05) is 26.2 Å². The molecule has 2 aromatic heterocycles. The molecule has 0 aliphatic carbocycles. The quantitative estimate of drug-likeness (QED) is 0.124. The second-order valence-electron chi connectivity index (χ2n) is 13.0. The maximum absolute atomic E-state index is 13.6. The summed E-state index contributed by atoms with van der Waals surface area (Å²) in [6.07, 6.45) is 9.99. The minimum atomic E-state index is -0.315. The molecule has 0 radical (unpaired) electrons. The van der Waals surface area contributed by atoms with Crippen molar-refractivity contribution in [3.8, 4) is 0 Å². The molecule has 3 heterocycles. The number of imidazole rings is 1. The van der Waals surface area contributed by atoms with Gasteiger partial charge in [0.1, 0.15) is 5.82 Å². The van der Waals surface area contributed by atoms with Gasteiger partial charge in [-0.1, -0.05) is 53.5 Å². The molecule has 1 amide bonds. The molecule has 0 unspecified atom stereocenters. The van der Waals surface area contributed by atoms with Crippen LogP contribution in [0.3, 0.4) is 0 Å². The summed E-state index contributed by atoms with van der Waals surface area (Å²) in [4.78, 5) is 35.7. The Morgan fingerprint density at radius 2 is 1.86 bits per heavy atom. The molecule has 3 aromatic rings. The first kappa shape index (κ1) is 33.4. The molecule has 1 atom stereocenters. The van der Waals surface area contributed by atoms with E-state index in [1.807, 2.05) is 12.1 Å². The van der Waals surface area contributed by atoms with Gasteiger partial charge in [-0.3, -0.25) is 9.59 Å². The van der Waals surface area contributed by atoms with E-state index in [9.17, 15) is 9.59 Å². The van der Waals surface area contributed by atoms with E-state index >= 15 is 0 Å². The maximum Gasteiger partial charge on any atom is 0.223 e. The first-order valence-corrected chi connectivity index (χ1v) is 17.8. The van der Waals surface area contributed by atoms with Crippen LogP contribution in [0.2, 0.25) is 0 Å². The number of hydrogen-bond acceptors (Lipinski definition) is 5. The Balaban J connectivity index is 1.39. The van der Waals surface area contributed by atoms with Crippen LogP contribution >= 0.6 is 11.3 Å². The molecular formula is C36H54N4O2S. The van der Waals surface area contributed by atoms with Crippen LogP contribution in [-0.4, -0.2) is 52.3 Å². The lowest BCUT2D eigenvalue weighted by molar-refractivity contribution is -0.125. The second-order valence-corrected chi connectivity index (χ2v) is 14.0. The Hall–Kier alpha value is -2.51. The lowest BCUT2D eigenvalue weighted by atomic mass is 9.89. The highest BCUT2D eigenvalue weighted by atomic mass is 32.1. The molecule has 0 bridgehead atoms. The molecule has 6 nitrogen and oxygen atoms in total. The van der Waals surface area contributed by atoms with Crippen molar-refractivity contribution in [2.24, 2.45) is 17.8 Å². The highest BCUT2D eigenvalue weighted by Crippen LogP contribution is 2.29. The number of benzene rings is 1. The minimum absolute atomic E-state index is 0.0148. The summed E-state index contributed by atoms with van der Waals surface area (Å²) in [6.45, 7) is 15.0. The summed E-state index contributed by atoms with van der Waals surface area (Å²) in [7, 11) is 0. The van der Waals surface area contributed by atoms with E-state index in [4.69, 9.17) is 4.98 Å². The van der Waals surface area contributed by atoms with Crippen molar-refractivity contribution in [3.63, 3.8) is 0 Å². The number of nitrogens with zero attached hydrogens (tertiary/aromatic N) is 3. The van der Waals surface area contributed by atoms with Crippen LogP contribution in [-0.2, 0) is 11.2 Å². The van der Waals surface area contributed by atoms with Gasteiger partial charge < -0.3 is 14.8 Å². The number of fused-ring (bicyclic) bond motifs is 1. The van der Waals surface area contributed by atoms with E-state index in [0.29, 0.717) is 30.5 Å². The predicted octanol–water partition coefficient (Wildman–Crippen LogP) is 8.30. The van der Waals surface area contributed by atoms with Crippen molar-refractivity contribution in [1.82, 2.24) is 19.8 Å². The van der Waals surface area contributed by atoms with Crippen LogP contribution in [0.1, 0.15) is 120 Å². The van der Waals surface area contributed by atoms with Gasteiger partial charge in [0.15, 0.2) is 5.78 Å². The first-order valence-electron chi connectivity index (χ1n) is 16.9. The van der Waals surface area contributed by atoms with E-state index in [0.717, 1.165) is 55.0 Å². The number of rotatable bonds is 17. The lowest BCUT2D eigenvalue weighted by Crippen LogP contribution is -2.37. The summed E-state index contributed by atoms with van der Waals surface area (Å²) < 4.78 is 2.38. The largest absolute Gasteiger partial charge is 0.356 e. The van der Waals surface area contributed by atoms with Gasteiger partial charge >= 0.3 is 0 Å². The number of piperidine rings is 1. The number of ketones is 1. The highest BCUT2D eigenvalue weighted by Gasteiger charge is 2.25. The Kier molecular flexibility index (Phi) is 12.8. The minimum Gasteiger partial charge on any atom is -0.356 e. The molecule has 7 heteroatoms. The smallest absolute Gasteiger partial charge is 0.223 e. The Morgan fingerprint density at radius 1 is 1.09 bits per heavy atom. The monoisotopic (exact) mass is 606 g/mol. The molecule has 4 rings (SSSR count). The summed E-state index contributed by atoms with van der Waals surface area (Å²) >= 11 is 1.75. The molecule has 1 fully saturated rings. The van der Waals surface area contributed by atoms with Gasteiger partial charge in [0.05, 0.1) is 11.0 Å². The third-order valence-corrected chi connectivity index (χ3v) is 10.1. The van der Waals surface area contributed by atoms with E-state index in [2.05, 4.69) is 73.0 Å². The number of carbonyl (C=O) groups excluding carboxylic acids is 2. The zero-order valence-corrected chi connectivity index (χ0v) is 28.1. The number of nitrogens with one attached hydrogen (secondary N) is 1. The van der Waals surface area contributed by atoms with Crippen LogP contribution in [0.4, 0.5) is 0 Å². The predicted molar refractivity (Wildman–Crippen MR) is 180 cm³/mol. The first-order chi connectivity index (χ1) is 20.8. The van der Waals surface area contributed by atoms with Crippen LogP contribution in [0.25, 0.3) is 11.0 Å². The van der Waals surface area contributed by atoms with Crippen LogP contribution < -0.4 is 5.32 Å². The van der Waals surface area contributed by atoms with E-state index < -0.39 is 0 Å². The third kappa shape index (κ3) is 9.24. The van der Waals surface area contributed by atoms with Crippen molar-refractivity contribution >= 4 is 34.1 Å². The Labute approximate surface area is 263 Å². The molecule has 1 saturated heterocycles. The zero-order chi connectivity index (χ0) is 30.8. The maximum atomic E-state index is 13.6. The average Bonchev–Trinajstić information content (AvgIpc) is 3.64. The van der Waals surface area contributed by atoms with E-state index in [1.165, 1.54) is 43.6 Å². The topological polar surface area (TPSA) is 67.2 Å². The third-order valence-electron chi connectivity index (χ3n) is 9.22. The number of carbonyl (C=O) groups is 2. The normalized spacial score (nSPS) is 15.5. The standard InChI is InChI=1S/C36H54N4O2S/c1-6-11-27-15-19-39(20-16-27)18-10-17-37-36(42)29(22-26(4)5)24-34(41)28-13-14-33-32(23-28)38-35(25-31-12-9-21-43-31)40(33)30(7-2)8-3/h9,12-14,21,23,26-27,29-30H,6-8,10-11,15-20,22,24-25H2,1-5H3,(H,37,42)/t29-/m1/s1. The highest BCUT2D eigenvalue weighted by molar-refractivity contribution is 7.09. The fourth-order valence-corrected chi connectivity index (χ4v) is 7.54. The van der Waals surface area contributed by atoms with Crippen molar-refractivity contribution in [2.45, 2.75) is 105 Å². The zero-order valence-electron chi connectivity index (χ0n) is 27.2. The molecule has 0 spiro atoms. The van der Waals surface area contributed by atoms with Gasteiger partial charge in [0.2, 0.25) is 5.91 Å². The van der Waals surface area contributed by atoms with Crippen LogP contribution in [0.15, 0.2) is 35.7 Å². The fraction of sp³-hybridized carbons (Fsp3) is 0.639. The molecule has 1 aromatic carbocycles. The number of hydrogen-bond donors (Lipinski definition) is 1. The van der Waals surface area contributed by atoms with Crippen LogP contribution in [0.5, 0.6) is 0 Å². The van der Waals surface area contributed by atoms with Crippen LogP contribution in [0, 0.1) is 17.8 Å². The number of likely N-dealkylation sites (tertiary alicyclic amines) is 1. The van der Waals surface area contributed by atoms with Gasteiger partial charge in [-0.25, -0.2) is 4.98 Å². The molecule has 236 valence electrons. The van der Waals surface area contributed by atoms with Crippen molar-refractivity contribution < 1.29 is 9.59 Å². The molecule has 0 saturated carbocycles. The number of Topliss-reactive ketones (excluding diaryl/α,β-unsaturated/α-hetero) is 1. The summed E-state index contributed by atoms with van der Waals surface area (Å²) in [5, 5.41) is 5.28. The number of aromatic nitrogens is 2. The molecule has 1 N–H and O–H groups in total. The van der Waals surface area contributed by atoms with E-state index in [1.54, 1.807) is 11.3 Å². The van der Waals surface area contributed by atoms with Gasteiger partial charge in [-0.2, -0.15) is 0 Å². The molecular weight excluding hydrogens is 552 g/mol. The average molecular weight is 607 g/mol. The lowest BCUT2D eigenvalue weighted by Gasteiger charge is -2.31. The van der Waals surface area contributed by atoms with Gasteiger partial charge in [0.25, 0.3) is 0 Å². The number of thiophene rings is 1. The number of amides is 1. The summed E-state index contributed by atoms with van der Waals surface area (Å²) in [5.74, 6) is 2.01. The summed E-state index contributed by atoms with van der Waals surface area (Å²) in [5.41, 5.74) is 2.60. The molecule has 1 aliphatic heterocycles. The Bertz CT molecular complexity index is 1290. The SMILES string of the molecule is CCCC1CCN(CCCNC(=O)[C@@H](CC(=O)c2ccc3c(c2)nc(Cc2cccs2)n3C(CC)CC)CC(C)C)CC1. The second kappa shape index (κ2) is 16.5. The van der Waals surface area contributed by atoms with E-state index in [-0.39, 0.29) is 24.0 Å². The van der Waals surface area contributed by atoms with Gasteiger partial charge in [0, 0.05) is 41.8 Å². The molecule has 43 heavy (non-hydrogen) atoms. The Morgan fingerprint density at radius 3 is 2.51 bits per heavy atom. The fourth-order valence-electron chi connectivity index (χ4n) is 6.84.